The minimum absolute atomic E-state index is 0.829. The quantitative estimate of drug-likeness (QED) is 0.774. The topological polar surface area (TPSA) is 12.0 Å². The molecular weight excluding hydrogens is 230 g/mol. The second kappa shape index (κ2) is 6.16. The van der Waals surface area contributed by atoms with E-state index in [0.717, 1.165) is 35.8 Å². The normalized spacial score (nSPS) is 47.1. The summed E-state index contributed by atoms with van der Waals surface area (Å²) >= 11 is 0. The zero-order valence-corrected chi connectivity index (χ0v) is 13.0. The maximum absolute atomic E-state index is 4.06. The van der Waals surface area contributed by atoms with Gasteiger partial charge in [0.15, 0.2) is 0 Å². The van der Waals surface area contributed by atoms with Crippen molar-refractivity contribution in [3.8, 4) is 0 Å². The Balaban J connectivity index is 1.51. The highest BCUT2D eigenvalue weighted by atomic mass is 15.0. The Morgan fingerprint density at radius 3 is 2.42 bits per heavy atom. The van der Waals surface area contributed by atoms with Crippen LogP contribution in [0.15, 0.2) is 0 Å². The van der Waals surface area contributed by atoms with Crippen LogP contribution in [-0.2, 0) is 0 Å². The van der Waals surface area contributed by atoms with Gasteiger partial charge in [0.05, 0.1) is 0 Å². The smallest absolute Gasteiger partial charge is 0.00980 e. The van der Waals surface area contributed by atoms with Crippen molar-refractivity contribution in [2.75, 3.05) is 0 Å². The number of hydrogen-bond donors (Lipinski definition) is 1. The largest absolute Gasteiger partial charge is 0.311 e. The molecule has 3 aliphatic carbocycles. The van der Waals surface area contributed by atoms with E-state index in [1.165, 1.54) is 64.2 Å². The predicted molar refractivity (Wildman–Crippen MR) is 82.2 cm³/mol. The Morgan fingerprint density at radius 1 is 0.895 bits per heavy atom. The van der Waals surface area contributed by atoms with Crippen LogP contribution in [0.1, 0.15) is 78.1 Å². The van der Waals surface area contributed by atoms with Crippen molar-refractivity contribution in [2.24, 2.45) is 23.7 Å². The summed E-state index contributed by atoms with van der Waals surface area (Å²) in [5.74, 6) is 4.06. The van der Waals surface area contributed by atoms with Crippen LogP contribution in [-0.4, -0.2) is 12.1 Å². The fourth-order valence-corrected chi connectivity index (χ4v) is 5.39. The van der Waals surface area contributed by atoms with Crippen LogP contribution in [0.5, 0.6) is 0 Å². The summed E-state index contributed by atoms with van der Waals surface area (Å²) in [7, 11) is 0. The van der Waals surface area contributed by atoms with Crippen LogP contribution < -0.4 is 5.32 Å². The Hall–Kier alpha value is -0.0400. The first-order valence-electron chi connectivity index (χ1n) is 9.04. The fraction of sp³-hybridized carbons (Fsp3) is 1.00. The SMILES string of the molecule is CCC1CCC(NC2CCC3CCCCC3C2)C1C. The zero-order chi connectivity index (χ0) is 13.2. The molecule has 6 atom stereocenters. The first kappa shape index (κ1) is 13.9. The molecule has 0 spiro atoms. The van der Waals surface area contributed by atoms with Crippen LogP contribution in [0.25, 0.3) is 0 Å². The lowest BCUT2D eigenvalue weighted by Gasteiger charge is -2.41. The maximum atomic E-state index is 4.06. The molecule has 0 heterocycles. The molecule has 0 aromatic heterocycles. The van der Waals surface area contributed by atoms with Gasteiger partial charge in [-0.25, -0.2) is 0 Å². The van der Waals surface area contributed by atoms with E-state index in [1.807, 2.05) is 0 Å². The van der Waals surface area contributed by atoms with E-state index in [9.17, 15) is 0 Å². The molecule has 3 saturated carbocycles. The minimum Gasteiger partial charge on any atom is -0.311 e. The molecule has 6 unspecified atom stereocenters. The molecule has 0 radical (unpaired) electrons. The lowest BCUT2D eigenvalue weighted by atomic mass is 9.69. The third-order valence-electron chi connectivity index (χ3n) is 6.74. The third-order valence-corrected chi connectivity index (χ3v) is 6.74. The van der Waals surface area contributed by atoms with E-state index in [-0.39, 0.29) is 0 Å². The van der Waals surface area contributed by atoms with E-state index in [2.05, 4.69) is 19.2 Å². The van der Waals surface area contributed by atoms with Gasteiger partial charge in [0.1, 0.15) is 0 Å². The zero-order valence-electron chi connectivity index (χ0n) is 13.0. The molecule has 1 N–H and O–H groups in total. The van der Waals surface area contributed by atoms with Crippen LogP contribution in [0.4, 0.5) is 0 Å². The Morgan fingerprint density at radius 2 is 1.68 bits per heavy atom. The summed E-state index contributed by atoms with van der Waals surface area (Å²) in [6.07, 6.45) is 14.8. The number of fused-ring (bicyclic) bond motifs is 1. The highest BCUT2D eigenvalue weighted by Gasteiger charge is 2.36. The standard InChI is InChI=1S/C18H33N/c1-3-14-9-11-18(13(14)2)19-17-10-8-15-6-4-5-7-16(15)12-17/h13-19H,3-12H2,1-2H3. The number of rotatable bonds is 3. The summed E-state index contributed by atoms with van der Waals surface area (Å²) in [5.41, 5.74) is 0. The van der Waals surface area contributed by atoms with Crippen molar-refractivity contribution in [1.82, 2.24) is 5.32 Å². The van der Waals surface area contributed by atoms with E-state index in [4.69, 9.17) is 0 Å². The molecule has 1 heteroatoms. The minimum atomic E-state index is 0.829. The second-order valence-corrected chi connectivity index (χ2v) is 7.69. The molecule has 19 heavy (non-hydrogen) atoms. The lowest BCUT2D eigenvalue weighted by Crippen LogP contribution is -2.45. The Bertz CT molecular complexity index is 287. The Labute approximate surface area is 119 Å². The van der Waals surface area contributed by atoms with Gasteiger partial charge in [-0.2, -0.15) is 0 Å². The summed E-state index contributed by atoms with van der Waals surface area (Å²) in [5, 5.41) is 4.06. The third kappa shape index (κ3) is 3.01. The molecule has 110 valence electrons. The van der Waals surface area contributed by atoms with Crippen molar-refractivity contribution in [2.45, 2.75) is 90.1 Å². The molecular formula is C18H33N. The highest BCUT2D eigenvalue weighted by molar-refractivity contribution is 4.92. The van der Waals surface area contributed by atoms with Crippen LogP contribution >= 0.6 is 0 Å². The first-order valence-corrected chi connectivity index (χ1v) is 9.04. The first-order chi connectivity index (χ1) is 9.28. The van der Waals surface area contributed by atoms with Gasteiger partial charge >= 0.3 is 0 Å². The monoisotopic (exact) mass is 263 g/mol. The number of hydrogen-bond acceptors (Lipinski definition) is 1. The molecule has 3 fully saturated rings. The van der Waals surface area contributed by atoms with E-state index < -0.39 is 0 Å². The second-order valence-electron chi connectivity index (χ2n) is 7.69. The van der Waals surface area contributed by atoms with Gasteiger partial charge in [-0.05, 0) is 55.8 Å². The average Bonchev–Trinajstić information content (AvgIpc) is 2.79. The van der Waals surface area contributed by atoms with Crippen LogP contribution in [0.3, 0.4) is 0 Å². The van der Waals surface area contributed by atoms with Crippen LogP contribution in [0.2, 0.25) is 0 Å². The van der Waals surface area contributed by atoms with Crippen molar-refractivity contribution in [1.29, 1.82) is 0 Å². The van der Waals surface area contributed by atoms with Gasteiger partial charge in [0, 0.05) is 12.1 Å². The van der Waals surface area contributed by atoms with Gasteiger partial charge < -0.3 is 5.32 Å². The predicted octanol–water partition coefficient (Wildman–Crippen LogP) is 4.76. The van der Waals surface area contributed by atoms with Crippen molar-refractivity contribution >= 4 is 0 Å². The van der Waals surface area contributed by atoms with Gasteiger partial charge in [0.2, 0.25) is 0 Å². The molecule has 0 aliphatic heterocycles. The van der Waals surface area contributed by atoms with Crippen LogP contribution in [0, 0.1) is 23.7 Å². The Kier molecular flexibility index (Phi) is 4.51. The number of nitrogens with one attached hydrogen (secondary N) is 1. The molecule has 3 rings (SSSR count). The van der Waals surface area contributed by atoms with Gasteiger partial charge in [0.25, 0.3) is 0 Å². The maximum Gasteiger partial charge on any atom is 0.00980 e. The molecule has 0 amide bonds. The molecule has 0 saturated heterocycles. The molecule has 3 aliphatic rings. The summed E-state index contributed by atoms with van der Waals surface area (Å²) in [6, 6.07) is 1.68. The highest BCUT2D eigenvalue weighted by Crippen LogP contribution is 2.41. The van der Waals surface area contributed by atoms with Gasteiger partial charge in [-0.3, -0.25) is 0 Å². The summed E-state index contributed by atoms with van der Waals surface area (Å²) < 4.78 is 0. The fourth-order valence-electron chi connectivity index (χ4n) is 5.39. The lowest BCUT2D eigenvalue weighted by molar-refractivity contribution is 0.134. The molecule has 0 aromatic rings. The van der Waals surface area contributed by atoms with Crippen molar-refractivity contribution < 1.29 is 0 Å². The van der Waals surface area contributed by atoms with E-state index >= 15 is 0 Å². The molecule has 1 nitrogen and oxygen atoms in total. The van der Waals surface area contributed by atoms with Gasteiger partial charge in [-0.15, -0.1) is 0 Å². The summed E-state index contributed by atoms with van der Waals surface area (Å²) in [4.78, 5) is 0. The molecule has 0 aromatic carbocycles. The van der Waals surface area contributed by atoms with Gasteiger partial charge in [-0.1, -0.05) is 46.0 Å². The summed E-state index contributed by atoms with van der Waals surface area (Å²) in [6.45, 7) is 4.86. The molecule has 0 bridgehead atoms. The van der Waals surface area contributed by atoms with E-state index in [0.29, 0.717) is 0 Å². The van der Waals surface area contributed by atoms with Crippen molar-refractivity contribution in [3.63, 3.8) is 0 Å². The van der Waals surface area contributed by atoms with E-state index in [1.54, 1.807) is 0 Å². The average molecular weight is 263 g/mol. The van der Waals surface area contributed by atoms with Crippen molar-refractivity contribution in [3.05, 3.63) is 0 Å².